The van der Waals surface area contributed by atoms with Crippen molar-refractivity contribution in [2.45, 2.75) is 31.0 Å². The fourth-order valence-electron chi connectivity index (χ4n) is 4.85. The summed E-state index contributed by atoms with van der Waals surface area (Å²) in [5.41, 5.74) is 7.20. The highest BCUT2D eigenvalue weighted by molar-refractivity contribution is 6.01. The molecule has 1 aliphatic heterocycles. The summed E-state index contributed by atoms with van der Waals surface area (Å²) in [6.45, 7) is 0.557. The van der Waals surface area contributed by atoms with Crippen molar-refractivity contribution in [2.24, 2.45) is 4.99 Å². The van der Waals surface area contributed by atoms with E-state index in [-0.39, 0.29) is 25.4 Å². The first-order chi connectivity index (χ1) is 21.1. The number of hydrogen-bond donors (Lipinski definition) is 3. The lowest BCUT2D eigenvalue weighted by Gasteiger charge is -2.29. The highest BCUT2D eigenvalue weighted by Gasteiger charge is 2.52. The second kappa shape index (κ2) is 14.4. The maximum absolute atomic E-state index is 14.2. The van der Waals surface area contributed by atoms with Gasteiger partial charge in [-0.1, -0.05) is 91.0 Å². The molecule has 0 fully saturated rings. The van der Waals surface area contributed by atoms with E-state index in [9.17, 15) is 9.18 Å². The van der Waals surface area contributed by atoms with Crippen LogP contribution in [0.2, 0.25) is 0 Å². The van der Waals surface area contributed by atoms with Gasteiger partial charge >= 0.3 is 0 Å². The van der Waals surface area contributed by atoms with Gasteiger partial charge in [0.15, 0.2) is 11.6 Å². The minimum Gasteiger partial charge on any atom is -0.494 e. The second-order valence-electron chi connectivity index (χ2n) is 10.1. The zero-order valence-electron chi connectivity index (χ0n) is 23.7. The first kappa shape index (κ1) is 29.7. The van der Waals surface area contributed by atoms with Crippen LogP contribution in [-0.4, -0.2) is 35.7 Å². The molecule has 0 aliphatic carbocycles. The Morgan fingerprint density at radius 1 is 0.953 bits per heavy atom. The van der Waals surface area contributed by atoms with Crippen LogP contribution in [-0.2, 0) is 16.1 Å². The number of rotatable bonds is 13. The molecule has 4 aromatic carbocycles. The Morgan fingerprint density at radius 2 is 1.65 bits per heavy atom. The number of benzene rings is 4. The first-order valence-corrected chi connectivity index (χ1v) is 14.2. The number of halogens is 1. The van der Waals surface area contributed by atoms with Crippen LogP contribution in [0.25, 0.3) is 6.08 Å². The molecule has 0 saturated carbocycles. The molecule has 5 rings (SSSR count). The van der Waals surface area contributed by atoms with Crippen molar-refractivity contribution in [3.8, 4) is 5.75 Å². The van der Waals surface area contributed by atoms with Gasteiger partial charge < -0.3 is 14.6 Å². The fraction of sp³-hybridized carbons (Fsp3) is 0.200. The molecule has 4 aromatic rings. The largest absolute Gasteiger partial charge is 0.494 e. The summed E-state index contributed by atoms with van der Waals surface area (Å²) in [6.07, 6.45) is 3.92. The van der Waals surface area contributed by atoms with Crippen LogP contribution in [0.3, 0.4) is 0 Å². The van der Waals surface area contributed by atoms with E-state index in [1.807, 2.05) is 84.9 Å². The lowest BCUT2D eigenvalue weighted by atomic mass is 9.84. The molecule has 43 heavy (non-hydrogen) atoms. The normalized spacial score (nSPS) is 17.8. The smallest absolute Gasteiger partial charge is 0.266 e. The van der Waals surface area contributed by atoms with Crippen LogP contribution >= 0.6 is 0 Å². The monoisotopic (exact) mass is 579 g/mol. The van der Waals surface area contributed by atoms with Gasteiger partial charge in [-0.3, -0.25) is 10.2 Å². The summed E-state index contributed by atoms with van der Waals surface area (Å²) in [5.74, 6) is 0.213. The molecule has 1 amide bonds. The summed E-state index contributed by atoms with van der Waals surface area (Å²) >= 11 is 0. The van der Waals surface area contributed by atoms with Gasteiger partial charge in [0.1, 0.15) is 11.6 Å². The van der Waals surface area contributed by atoms with E-state index in [1.165, 1.54) is 6.07 Å². The summed E-state index contributed by atoms with van der Waals surface area (Å²) in [4.78, 5) is 19.1. The number of aliphatic hydroxyl groups is 1. The Morgan fingerprint density at radius 3 is 2.37 bits per heavy atom. The average molecular weight is 580 g/mol. The number of carbonyl (C=O) groups excluding carboxylic acids is 1. The summed E-state index contributed by atoms with van der Waals surface area (Å²) in [5, 5.41) is 9.02. The predicted octanol–water partition coefficient (Wildman–Crippen LogP) is 5.77. The Hall–Kier alpha value is -4.79. The maximum Gasteiger partial charge on any atom is 0.266 e. The summed E-state index contributed by atoms with van der Waals surface area (Å²) in [7, 11) is 0. The highest BCUT2D eigenvalue weighted by atomic mass is 19.1. The minimum absolute atomic E-state index is 0.0572. The van der Waals surface area contributed by atoms with Crippen LogP contribution in [0.4, 0.5) is 4.39 Å². The van der Waals surface area contributed by atoms with Crippen molar-refractivity contribution in [3.05, 3.63) is 143 Å². The van der Waals surface area contributed by atoms with E-state index < -0.39 is 17.6 Å². The van der Waals surface area contributed by atoms with E-state index >= 15 is 0 Å². The number of carbonyl (C=O) groups is 1. The molecule has 0 unspecified atom stereocenters. The van der Waals surface area contributed by atoms with Crippen molar-refractivity contribution < 1.29 is 23.8 Å². The Kier molecular flexibility index (Phi) is 9.94. The third-order valence-corrected chi connectivity index (χ3v) is 7.11. The first-order valence-electron chi connectivity index (χ1n) is 14.2. The molecule has 1 heterocycles. The zero-order valence-corrected chi connectivity index (χ0v) is 23.7. The molecule has 0 saturated heterocycles. The fourth-order valence-corrected chi connectivity index (χ4v) is 4.85. The molecule has 7 nitrogen and oxygen atoms in total. The van der Waals surface area contributed by atoms with Crippen molar-refractivity contribution in [1.82, 2.24) is 10.9 Å². The van der Waals surface area contributed by atoms with Gasteiger partial charge in [-0.15, -0.1) is 0 Å². The molecule has 0 spiro atoms. The van der Waals surface area contributed by atoms with E-state index in [0.29, 0.717) is 35.8 Å². The van der Waals surface area contributed by atoms with Crippen molar-refractivity contribution in [1.29, 1.82) is 0 Å². The van der Waals surface area contributed by atoms with Crippen LogP contribution < -0.4 is 15.6 Å². The molecule has 8 heteroatoms. The molecule has 0 radical (unpaired) electrons. The van der Waals surface area contributed by atoms with Crippen molar-refractivity contribution in [3.63, 3.8) is 0 Å². The van der Waals surface area contributed by atoms with Gasteiger partial charge in [0.2, 0.25) is 5.90 Å². The van der Waals surface area contributed by atoms with E-state index in [2.05, 4.69) is 10.9 Å². The minimum atomic E-state index is -1.37. The molecule has 0 bridgehead atoms. The SMILES string of the molecule is O=C(NNCc1ccccc1F)[C@@]1(C/C=C/c2ccccc2)N=C(c2ccc(OCCCO)cc2)O[C@H]1c1ccccc1. The standard InChI is InChI=1S/C35H34FN3O4/c36-31-17-8-7-16-29(31)25-37-39-34(41)35(22-9-13-26-11-3-1-4-12-26)32(27-14-5-2-6-15-27)43-33(38-35)28-18-20-30(21-19-28)42-24-10-23-40/h1-9,11-21,32,37,40H,10,22-25H2,(H,39,41)/b13-9+/t32-,35-/m0/s1. The van der Waals surface area contributed by atoms with Gasteiger partial charge in [-0.2, -0.15) is 0 Å². The van der Waals surface area contributed by atoms with Gasteiger partial charge in [-0.05, 0) is 41.5 Å². The molecular formula is C35H34FN3O4. The van der Waals surface area contributed by atoms with Crippen LogP contribution in [0.15, 0.2) is 120 Å². The maximum atomic E-state index is 14.2. The third-order valence-electron chi connectivity index (χ3n) is 7.11. The van der Waals surface area contributed by atoms with E-state index in [1.54, 1.807) is 30.3 Å². The lowest BCUT2D eigenvalue weighted by molar-refractivity contribution is -0.129. The number of aliphatic imine (C=N–C) groups is 1. The van der Waals surface area contributed by atoms with E-state index in [0.717, 1.165) is 11.1 Å². The highest BCUT2D eigenvalue weighted by Crippen LogP contribution is 2.42. The Bertz CT molecular complexity index is 1540. The Balaban J connectivity index is 1.47. The number of ether oxygens (including phenoxy) is 2. The van der Waals surface area contributed by atoms with Gasteiger partial charge in [0, 0.05) is 37.1 Å². The molecular weight excluding hydrogens is 545 g/mol. The second-order valence-corrected chi connectivity index (χ2v) is 10.1. The lowest BCUT2D eigenvalue weighted by Crippen LogP contribution is -2.52. The third kappa shape index (κ3) is 7.35. The van der Waals surface area contributed by atoms with Crippen LogP contribution in [0.5, 0.6) is 5.75 Å². The topological polar surface area (TPSA) is 92.2 Å². The molecule has 0 aromatic heterocycles. The van der Waals surface area contributed by atoms with E-state index in [4.69, 9.17) is 19.6 Å². The van der Waals surface area contributed by atoms with Crippen molar-refractivity contribution in [2.75, 3.05) is 13.2 Å². The number of amides is 1. The number of nitrogens with zero attached hydrogens (tertiary/aromatic N) is 1. The summed E-state index contributed by atoms with van der Waals surface area (Å²) < 4.78 is 26.4. The number of hydrogen-bond acceptors (Lipinski definition) is 6. The quantitative estimate of drug-likeness (QED) is 0.138. The number of aliphatic hydroxyl groups excluding tert-OH is 1. The van der Waals surface area contributed by atoms with Crippen molar-refractivity contribution >= 4 is 17.9 Å². The average Bonchev–Trinajstić information content (AvgIpc) is 3.44. The molecule has 220 valence electrons. The van der Waals surface area contributed by atoms with Crippen LogP contribution in [0.1, 0.15) is 41.2 Å². The van der Waals surface area contributed by atoms with Gasteiger partial charge in [0.25, 0.3) is 5.91 Å². The van der Waals surface area contributed by atoms with Crippen LogP contribution in [0, 0.1) is 5.82 Å². The molecule has 3 N–H and O–H groups in total. The zero-order chi connectivity index (χ0) is 29.9. The molecule has 1 aliphatic rings. The summed E-state index contributed by atoms with van der Waals surface area (Å²) in [6, 6.07) is 33.0. The predicted molar refractivity (Wildman–Crippen MR) is 165 cm³/mol. The van der Waals surface area contributed by atoms with Gasteiger partial charge in [-0.25, -0.2) is 14.8 Å². The Labute approximate surface area is 250 Å². The molecule has 2 atom stereocenters. The number of hydrazine groups is 1. The van der Waals surface area contributed by atoms with Gasteiger partial charge in [0.05, 0.1) is 6.61 Å². The number of nitrogens with one attached hydrogen (secondary N) is 2.